The maximum atomic E-state index is 13.2. The number of rotatable bonds is 5. The van der Waals surface area contributed by atoms with E-state index in [4.69, 9.17) is 0 Å². The van der Waals surface area contributed by atoms with Crippen LogP contribution >= 0.6 is 15.9 Å². The van der Waals surface area contributed by atoms with Crippen LogP contribution in [-0.2, 0) is 0 Å². The van der Waals surface area contributed by atoms with Gasteiger partial charge in [0.15, 0.2) is 0 Å². The summed E-state index contributed by atoms with van der Waals surface area (Å²) in [7, 11) is 0. The van der Waals surface area contributed by atoms with E-state index in [1.54, 1.807) is 0 Å². The van der Waals surface area contributed by atoms with E-state index < -0.39 is 28.9 Å². The second kappa shape index (κ2) is 6.64. The average Bonchev–Trinajstić information content (AvgIpc) is 2.23. The van der Waals surface area contributed by atoms with Crippen molar-refractivity contribution in [2.24, 2.45) is 0 Å². The Balaban J connectivity index is 2.69. The number of unbranched alkanes of at least 4 members (excludes halogenated alkanes) is 1. The summed E-state index contributed by atoms with van der Waals surface area (Å²) in [4.78, 5) is 11.4. The van der Waals surface area contributed by atoms with Gasteiger partial charge in [0.1, 0.15) is 23.0 Å². The molecule has 17 heavy (non-hydrogen) atoms. The molecule has 0 bridgehead atoms. The van der Waals surface area contributed by atoms with Gasteiger partial charge >= 0.3 is 0 Å². The third-order valence-electron chi connectivity index (χ3n) is 2.08. The number of amides is 1. The van der Waals surface area contributed by atoms with Crippen molar-refractivity contribution in [2.45, 2.75) is 12.8 Å². The molecule has 0 aromatic heterocycles. The first kappa shape index (κ1) is 14.0. The average molecular weight is 310 g/mol. The lowest BCUT2D eigenvalue weighted by Crippen LogP contribution is -2.26. The van der Waals surface area contributed by atoms with Crippen molar-refractivity contribution < 1.29 is 18.0 Å². The normalized spacial score (nSPS) is 10.4. The standard InChI is InChI=1S/C11H11BrF3NO/c12-3-1-2-4-16-11(17)10-8(14)5-7(13)6-9(10)15/h5-6H,1-4H2,(H,16,17). The fourth-order valence-electron chi connectivity index (χ4n) is 1.27. The zero-order valence-corrected chi connectivity index (χ0v) is 10.5. The Morgan fingerprint density at radius 3 is 2.29 bits per heavy atom. The Bertz CT molecular complexity index is 389. The molecule has 0 radical (unpaired) electrons. The van der Waals surface area contributed by atoms with E-state index >= 15 is 0 Å². The van der Waals surface area contributed by atoms with E-state index in [0.29, 0.717) is 25.1 Å². The van der Waals surface area contributed by atoms with Gasteiger partial charge in [-0.05, 0) is 12.8 Å². The topological polar surface area (TPSA) is 29.1 Å². The SMILES string of the molecule is O=C(NCCCCBr)c1c(F)cc(F)cc1F. The lowest BCUT2D eigenvalue weighted by Gasteiger charge is -2.06. The lowest BCUT2D eigenvalue weighted by molar-refractivity contribution is 0.0944. The van der Waals surface area contributed by atoms with Crippen molar-refractivity contribution in [1.29, 1.82) is 0 Å². The first-order valence-corrected chi connectivity index (χ1v) is 6.17. The van der Waals surface area contributed by atoms with Gasteiger partial charge in [-0.1, -0.05) is 15.9 Å². The van der Waals surface area contributed by atoms with Gasteiger partial charge in [-0.2, -0.15) is 0 Å². The van der Waals surface area contributed by atoms with Crippen LogP contribution in [0.15, 0.2) is 12.1 Å². The number of halogens is 4. The van der Waals surface area contributed by atoms with Gasteiger partial charge < -0.3 is 5.32 Å². The first-order valence-electron chi connectivity index (χ1n) is 5.05. The van der Waals surface area contributed by atoms with Gasteiger partial charge in [0.2, 0.25) is 0 Å². The highest BCUT2D eigenvalue weighted by atomic mass is 79.9. The molecular formula is C11H11BrF3NO. The zero-order chi connectivity index (χ0) is 12.8. The summed E-state index contributed by atoms with van der Waals surface area (Å²) in [6.45, 7) is 0.320. The van der Waals surface area contributed by atoms with Gasteiger partial charge in [0, 0.05) is 24.0 Å². The molecule has 0 fully saturated rings. The molecule has 94 valence electrons. The van der Waals surface area contributed by atoms with Gasteiger partial charge in [-0.3, -0.25) is 4.79 Å². The molecule has 0 saturated carbocycles. The van der Waals surface area contributed by atoms with Crippen LogP contribution in [0.3, 0.4) is 0 Å². The van der Waals surface area contributed by atoms with Crippen LogP contribution < -0.4 is 5.32 Å². The Morgan fingerprint density at radius 1 is 1.18 bits per heavy atom. The molecule has 0 spiro atoms. The van der Waals surface area contributed by atoms with Gasteiger partial charge in [-0.25, -0.2) is 13.2 Å². The summed E-state index contributed by atoms with van der Waals surface area (Å²) < 4.78 is 39.0. The number of benzene rings is 1. The smallest absolute Gasteiger partial charge is 0.257 e. The van der Waals surface area contributed by atoms with Crippen molar-refractivity contribution in [2.75, 3.05) is 11.9 Å². The van der Waals surface area contributed by atoms with E-state index in [1.807, 2.05) is 0 Å². The van der Waals surface area contributed by atoms with Crippen molar-refractivity contribution in [3.8, 4) is 0 Å². The van der Waals surface area contributed by atoms with Crippen molar-refractivity contribution in [3.05, 3.63) is 35.1 Å². The summed E-state index contributed by atoms with van der Waals surface area (Å²) in [5, 5.41) is 3.17. The second-order valence-electron chi connectivity index (χ2n) is 3.40. The number of nitrogens with one attached hydrogen (secondary N) is 1. The van der Waals surface area contributed by atoms with E-state index in [0.717, 1.165) is 11.8 Å². The van der Waals surface area contributed by atoms with Gasteiger partial charge in [-0.15, -0.1) is 0 Å². The Morgan fingerprint density at radius 2 is 1.76 bits per heavy atom. The quantitative estimate of drug-likeness (QED) is 0.657. The van der Waals surface area contributed by atoms with Crippen LogP contribution in [-0.4, -0.2) is 17.8 Å². The van der Waals surface area contributed by atoms with Gasteiger partial charge in [0.05, 0.1) is 0 Å². The van der Waals surface area contributed by atoms with Crippen LogP contribution in [0.2, 0.25) is 0 Å². The largest absolute Gasteiger partial charge is 0.352 e. The van der Waals surface area contributed by atoms with Crippen LogP contribution in [0.4, 0.5) is 13.2 Å². The Labute approximate surface area is 105 Å². The molecule has 0 aliphatic carbocycles. The minimum Gasteiger partial charge on any atom is -0.352 e. The fourth-order valence-corrected chi connectivity index (χ4v) is 1.67. The molecule has 0 unspecified atom stereocenters. The minimum absolute atomic E-state index is 0.320. The van der Waals surface area contributed by atoms with Crippen LogP contribution in [0.25, 0.3) is 0 Å². The zero-order valence-electron chi connectivity index (χ0n) is 8.90. The molecule has 0 heterocycles. The third kappa shape index (κ3) is 4.03. The molecule has 1 rings (SSSR count). The molecular weight excluding hydrogens is 299 g/mol. The third-order valence-corrected chi connectivity index (χ3v) is 2.64. The molecule has 6 heteroatoms. The number of carbonyl (C=O) groups is 1. The summed E-state index contributed by atoms with van der Waals surface area (Å²) in [6, 6.07) is 0.965. The predicted octanol–water partition coefficient (Wildman–Crippen LogP) is 3.01. The van der Waals surface area contributed by atoms with Crippen LogP contribution in [0.1, 0.15) is 23.2 Å². The highest BCUT2D eigenvalue weighted by Crippen LogP contribution is 2.14. The highest BCUT2D eigenvalue weighted by molar-refractivity contribution is 9.09. The minimum atomic E-state index is -1.19. The van der Waals surface area contributed by atoms with E-state index in [2.05, 4.69) is 21.2 Å². The molecule has 0 aliphatic rings. The fraction of sp³-hybridized carbons (Fsp3) is 0.364. The molecule has 1 aromatic rings. The monoisotopic (exact) mass is 309 g/mol. The summed E-state index contributed by atoms with van der Waals surface area (Å²) in [5.74, 6) is -4.30. The van der Waals surface area contributed by atoms with Crippen LogP contribution in [0.5, 0.6) is 0 Å². The van der Waals surface area contributed by atoms with Crippen molar-refractivity contribution in [1.82, 2.24) is 5.32 Å². The lowest BCUT2D eigenvalue weighted by atomic mass is 10.1. The Kier molecular flexibility index (Phi) is 5.47. The molecule has 0 aliphatic heterocycles. The summed E-state index contributed by atoms with van der Waals surface area (Å²) in [5.41, 5.74) is -0.745. The Hall–Kier alpha value is -1.04. The van der Waals surface area contributed by atoms with Crippen molar-refractivity contribution in [3.63, 3.8) is 0 Å². The van der Waals surface area contributed by atoms with E-state index in [-0.39, 0.29) is 0 Å². The highest BCUT2D eigenvalue weighted by Gasteiger charge is 2.18. The van der Waals surface area contributed by atoms with Gasteiger partial charge in [0.25, 0.3) is 5.91 Å². The summed E-state index contributed by atoms with van der Waals surface area (Å²) in [6.07, 6.45) is 1.54. The number of hydrogen-bond acceptors (Lipinski definition) is 1. The molecule has 1 N–H and O–H groups in total. The molecule has 0 saturated heterocycles. The maximum absolute atomic E-state index is 13.2. The molecule has 1 aromatic carbocycles. The number of hydrogen-bond donors (Lipinski definition) is 1. The predicted molar refractivity (Wildman–Crippen MR) is 61.7 cm³/mol. The van der Waals surface area contributed by atoms with E-state index in [1.165, 1.54) is 0 Å². The molecule has 2 nitrogen and oxygen atoms in total. The van der Waals surface area contributed by atoms with Crippen molar-refractivity contribution >= 4 is 21.8 Å². The second-order valence-corrected chi connectivity index (χ2v) is 4.19. The number of carbonyl (C=O) groups excluding carboxylic acids is 1. The van der Waals surface area contributed by atoms with Crippen LogP contribution in [0, 0.1) is 17.5 Å². The summed E-state index contributed by atoms with van der Waals surface area (Å²) >= 11 is 3.22. The maximum Gasteiger partial charge on any atom is 0.257 e. The first-order chi connectivity index (χ1) is 8.06. The molecule has 0 atom stereocenters. The molecule has 1 amide bonds. The number of alkyl halides is 1. The van der Waals surface area contributed by atoms with E-state index in [9.17, 15) is 18.0 Å².